The maximum atomic E-state index is 6.18. The Morgan fingerprint density at radius 1 is 0.500 bits per heavy atom. The minimum absolute atomic E-state index is 0.643. The lowest BCUT2D eigenvalue weighted by molar-refractivity contribution is 0.669. The number of benzene rings is 7. The molecule has 3 heterocycles. The Kier molecular flexibility index (Phi) is 8.46. The molecule has 0 saturated carbocycles. The van der Waals surface area contributed by atoms with Crippen molar-refractivity contribution in [3.63, 3.8) is 0 Å². The molecule has 2 aliphatic rings. The molecule has 5 nitrogen and oxygen atoms in total. The van der Waals surface area contributed by atoms with Gasteiger partial charge in [-0.3, -0.25) is 0 Å². The fraction of sp³-hybridized carbons (Fsp3) is 0.0351. The zero-order valence-electron chi connectivity index (χ0n) is 33.6. The van der Waals surface area contributed by atoms with Crippen molar-refractivity contribution in [1.82, 2.24) is 19.5 Å². The minimum Gasteiger partial charge on any atom is -0.456 e. The van der Waals surface area contributed by atoms with Crippen LogP contribution in [0.1, 0.15) is 24.2 Å². The van der Waals surface area contributed by atoms with Crippen LogP contribution in [0, 0.1) is 11.8 Å². The second-order valence-electron chi connectivity index (χ2n) is 15.7. The van der Waals surface area contributed by atoms with E-state index in [9.17, 15) is 0 Å². The number of fused-ring (bicyclic) bond motifs is 6. The molecule has 62 heavy (non-hydrogen) atoms. The average molecular weight is 793 g/mol. The Hall–Kier alpha value is -8.33. The van der Waals surface area contributed by atoms with Gasteiger partial charge in [0.15, 0.2) is 17.5 Å². The molecule has 2 aliphatic carbocycles. The second kappa shape index (κ2) is 14.7. The van der Waals surface area contributed by atoms with Crippen LogP contribution in [0.15, 0.2) is 210 Å². The van der Waals surface area contributed by atoms with Crippen molar-refractivity contribution >= 4 is 54.9 Å². The predicted molar refractivity (Wildman–Crippen MR) is 253 cm³/mol. The van der Waals surface area contributed by atoms with Crippen LogP contribution >= 0.6 is 0 Å². The van der Waals surface area contributed by atoms with Crippen molar-refractivity contribution in [3.05, 3.63) is 217 Å². The maximum Gasteiger partial charge on any atom is 0.164 e. The van der Waals surface area contributed by atoms with E-state index >= 15 is 0 Å². The van der Waals surface area contributed by atoms with Gasteiger partial charge in [0.2, 0.25) is 0 Å². The lowest BCUT2D eigenvalue weighted by Gasteiger charge is -2.11. The second-order valence-corrected chi connectivity index (χ2v) is 15.7. The first-order chi connectivity index (χ1) is 30.7. The predicted octanol–water partition coefficient (Wildman–Crippen LogP) is 14.0. The first-order valence-electron chi connectivity index (χ1n) is 21.0. The highest BCUT2D eigenvalue weighted by atomic mass is 16.3. The molecule has 5 heteroatoms. The van der Waals surface area contributed by atoms with Crippen LogP contribution in [-0.4, -0.2) is 19.5 Å². The number of aromatic nitrogens is 4. The van der Waals surface area contributed by atoms with E-state index in [1.165, 1.54) is 10.8 Å². The van der Waals surface area contributed by atoms with Gasteiger partial charge in [0, 0.05) is 55.9 Å². The molecule has 0 radical (unpaired) electrons. The molecule has 7 aromatic carbocycles. The third-order valence-corrected chi connectivity index (χ3v) is 12.0. The summed E-state index contributed by atoms with van der Waals surface area (Å²) in [6, 6.07) is 59.4. The number of para-hydroxylation sites is 2. The van der Waals surface area contributed by atoms with Gasteiger partial charge in [0.1, 0.15) is 11.2 Å². The standard InChI is InChI=1S/C57H36N4O/c1-4-15-37(16-5-1)55-58-56(38-17-6-2-7-18-38)60-57(59-55)47-25-14-24-45(47)43-20-11-10-19-39(33-43)40-27-30-51-48(34-40)49-35-41(28-31-52(49)61(51)44-21-8-3-9-22-44)42-29-32-54-50(36-42)46-23-12-13-26-53(46)62-54/h1-9,12-19,21-23,25-36H,10,24H2. The minimum atomic E-state index is 0.643. The van der Waals surface area contributed by atoms with E-state index in [4.69, 9.17) is 19.4 Å². The molecule has 0 saturated heterocycles. The number of hydrogen-bond donors (Lipinski definition) is 0. The van der Waals surface area contributed by atoms with Crippen LogP contribution in [0.5, 0.6) is 0 Å². The van der Waals surface area contributed by atoms with E-state index < -0.39 is 0 Å². The summed E-state index contributed by atoms with van der Waals surface area (Å²) < 4.78 is 8.55. The number of hydrogen-bond acceptors (Lipinski definition) is 4. The van der Waals surface area contributed by atoms with Crippen molar-refractivity contribution in [1.29, 1.82) is 0 Å². The summed E-state index contributed by atoms with van der Waals surface area (Å²) in [6.45, 7) is 0. The average Bonchev–Trinajstić information content (AvgIpc) is 4.01. The molecule has 0 atom stereocenters. The third kappa shape index (κ3) is 6.17. The summed E-state index contributed by atoms with van der Waals surface area (Å²) in [7, 11) is 0. The van der Waals surface area contributed by atoms with Crippen molar-refractivity contribution in [3.8, 4) is 51.4 Å². The van der Waals surface area contributed by atoms with Crippen molar-refractivity contribution < 1.29 is 4.42 Å². The Balaban J connectivity index is 0.983. The molecule has 290 valence electrons. The largest absolute Gasteiger partial charge is 0.456 e. The summed E-state index contributed by atoms with van der Waals surface area (Å²) in [4.78, 5) is 15.1. The molecule has 0 bridgehead atoms. The topological polar surface area (TPSA) is 56.7 Å². The first kappa shape index (κ1) is 35.6. The van der Waals surface area contributed by atoms with E-state index in [1.807, 2.05) is 72.8 Å². The van der Waals surface area contributed by atoms with E-state index in [2.05, 4.69) is 138 Å². The Morgan fingerprint density at radius 3 is 1.81 bits per heavy atom. The molecular weight excluding hydrogens is 757 g/mol. The molecule has 10 aromatic rings. The normalized spacial score (nSPS) is 13.7. The van der Waals surface area contributed by atoms with Gasteiger partial charge in [-0.05, 0) is 94.9 Å². The van der Waals surface area contributed by atoms with Gasteiger partial charge in [0.25, 0.3) is 0 Å². The van der Waals surface area contributed by atoms with Gasteiger partial charge in [0.05, 0.1) is 11.0 Å². The third-order valence-electron chi connectivity index (χ3n) is 12.0. The molecule has 0 spiro atoms. The van der Waals surface area contributed by atoms with Gasteiger partial charge >= 0.3 is 0 Å². The van der Waals surface area contributed by atoms with Crippen LogP contribution in [0.4, 0.5) is 0 Å². The summed E-state index contributed by atoms with van der Waals surface area (Å²) in [5.41, 5.74) is 14.8. The smallest absolute Gasteiger partial charge is 0.164 e. The van der Waals surface area contributed by atoms with E-state index in [-0.39, 0.29) is 0 Å². The zero-order valence-corrected chi connectivity index (χ0v) is 33.6. The highest BCUT2D eigenvalue weighted by Crippen LogP contribution is 2.40. The van der Waals surface area contributed by atoms with Crippen molar-refractivity contribution in [2.75, 3.05) is 0 Å². The molecule has 0 amide bonds. The molecule has 0 aliphatic heterocycles. The Labute approximate surface area is 358 Å². The Morgan fingerprint density at radius 2 is 1.08 bits per heavy atom. The number of nitrogens with zero attached hydrogens (tertiary/aromatic N) is 4. The molecular formula is C57H36N4O. The Bertz CT molecular complexity index is 3560. The lowest BCUT2D eigenvalue weighted by Crippen LogP contribution is -2.03. The molecule has 12 rings (SSSR count). The summed E-state index contributed by atoms with van der Waals surface area (Å²) >= 11 is 0. The van der Waals surface area contributed by atoms with E-state index in [0.29, 0.717) is 23.9 Å². The maximum absolute atomic E-state index is 6.18. The molecule has 0 unspecified atom stereocenters. The van der Waals surface area contributed by atoms with E-state index in [0.717, 1.165) is 95.2 Å². The van der Waals surface area contributed by atoms with Crippen LogP contribution in [0.25, 0.3) is 94.5 Å². The van der Waals surface area contributed by atoms with Crippen LogP contribution < -0.4 is 0 Å². The number of allylic oxidation sites excluding steroid dienone is 8. The van der Waals surface area contributed by atoms with Gasteiger partial charge in [-0.25, -0.2) is 15.0 Å². The summed E-state index contributed by atoms with van der Waals surface area (Å²) in [5, 5.41) is 4.63. The van der Waals surface area contributed by atoms with Gasteiger partial charge in [-0.15, -0.1) is 0 Å². The number of furan rings is 1. The van der Waals surface area contributed by atoms with Gasteiger partial charge in [-0.2, -0.15) is 0 Å². The molecule has 3 aromatic heterocycles. The van der Waals surface area contributed by atoms with Crippen LogP contribution in [-0.2, 0) is 0 Å². The van der Waals surface area contributed by atoms with Gasteiger partial charge < -0.3 is 8.98 Å². The highest BCUT2D eigenvalue weighted by Gasteiger charge is 2.22. The molecule has 0 fully saturated rings. The first-order valence-corrected chi connectivity index (χ1v) is 21.0. The zero-order chi connectivity index (χ0) is 41.0. The fourth-order valence-corrected chi connectivity index (χ4v) is 8.96. The van der Waals surface area contributed by atoms with E-state index in [1.54, 1.807) is 0 Å². The summed E-state index contributed by atoms with van der Waals surface area (Å²) in [6.07, 6.45) is 10.2. The van der Waals surface area contributed by atoms with Crippen LogP contribution in [0.2, 0.25) is 0 Å². The van der Waals surface area contributed by atoms with Gasteiger partial charge in [-0.1, -0.05) is 145 Å². The lowest BCUT2D eigenvalue weighted by atomic mass is 9.95. The van der Waals surface area contributed by atoms with Crippen molar-refractivity contribution in [2.45, 2.75) is 12.8 Å². The quantitative estimate of drug-likeness (QED) is 0.151. The molecule has 0 N–H and O–H groups in total. The fourth-order valence-electron chi connectivity index (χ4n) is 8.96. The van der Waals surface area contributed by atoms with Crippen molar-refractivity contribution in [2.24, 2.45) is 0 Å². The number of rotatable bonds is 7. The van der Waals surface area contributed by atoms with Crippen LogP contribution in [0.3, 0.4) is 0 Å². The summed E-state index contributed by atoms with van der Waals surface area (Å²) in [5.74, 6) is 8.90. The SMILES string of the molecule is C1#CC(C2=C(c3nc(-c4ccccc4)nc(-c4ccccc4)n3)C=CC2)=CC(c2ccc3c(c2)c2cc(-c4ccc5oc6ccccc6c5c4)ccc2n3-c2ccccc2)=CC1. The monoisotopic (exact) mass is 792 g/mol. The highest BCUT2D eigenvalue weighted by molar-refractivity contribution is 6.12.